The fourth-order valence-electron chi connectivity index (χ4n) is 2.54. The van der Waals surface area contributed by atoms with E-state index < -0.39 is 17.6 Å². The first kappa shape index (κ1) is 13.3. The van der Waals surface area contributed by atoms with E-state index >= 15 is 0 Å². The number of benzene rings is 1. The van der Waals surface area contributed by atoms with E-state index in [2.05, 4.69) is 0 Å². The Morgan fingerprint density at radius 1 is 1.17 bits per heavy atom. The molecule has 2 atom stereocenters. The lowest BCUT2D eigenvalue weighted by Gasteiger charge is -2.27. The first-order chi connectivity index (χ1) is 8.38. The van der Waals surface area contributed by atoms with Crippen LogP contribution in [0.4, 0.5) is 17.6 Å². The molecule has 2 rings (SSSR count). The van der Waals surface area contributed by atoms with Gasteiger partial charge < -0.3 is 5.73 Å². The molecule has 1 aromatic carbocycles. The van der Waals surface area contributed by atoms with Crippen LogP contribution in [0, 0.1) is 5.82 Å². The van der Waals surface area contributed by atoms with Crippen molar-refractivity contribution in [1.29, 1.82) is 0 Å². The average Bonchev–Trinajstić information content (AvgIpc) is 2.28. The fourth-order valence-corrected chi connectivity index (χ4v) is 2.54. The maximum absolute atomic E-state index is 13.2. The summed E-state index contributed by atoms with van der Waals surface area (Å²) in [6, 6.07) is 3.30. The molecule has 1 aromatic rings. The molecule has 2 N–H and O–H groups in total. The van der Waals surface area contributed by atoms with Crippen molar-refractivity contribution in [1.82, 2.24) is 0 Å². The lowest BCUT2D eigenvalue weighted by Crippen LogP contribution is -2.27. The maximum Gasteiger partial charge on any atom is 0.419 e. The van der Waals surface area contributed by atoms with Gasteiger partial charge in [0.15, 0.2) is 0 Å². The molecule has 0 aromatic heterocycles. The highest BCUT2D eigenvalue weighted by atomic mass is 19.4. The van der Waals surface area contributed by atoms with Gasteiger partial charge in [-0.1, -0.05) is 12.5 Å². The lowest BCUT2D eigenvalue weighted by atomic mass is 9.81. The van der Waals surface area contributed by atoms with Crippen molar-refractivity contribution in [2.45, 2.75) is 43.8 Å². The monoisotopic (exact) mass is 261 g/mol. The zero-order chi connectivity index (χ0) is 13.3. The minimum absolute atomic E-state index is 0.00968. The molecule has 0 amide bonds. The van der Waals surface area contributed by atoms with Crippen LogP contribution in [0.15, 0.2) is 18.2 Å². The number of nitrogens with two attached hydrogens (primary N) is 1. The highest BCUT2D eigenvalue weighted by molar-refractivity contribution is 5.30. The van der Waals surface area contributed by atoms with Crippen molar-refractivity contribution >= 4 is 0 Å². The summed E-state index contributed by atoms with van der Waals surface area (Å²) in [6.07, 6.45) is -1.34. The predicted octanol–water partition coefficient (Wildman–Crippen LogP) is 3.83. The number of hydrogen-bond acceptors (Lipinski definition) is 1. The summed E-state index contributed by atoms with van der Waals surface area (Å²) in [4.78, 5) is 0. The summed E-state index contributed by atoms with van der Waals surface area (Å²) >= 11 is 0. The van der Waals surface area contributed by atoms with Crippen molar-refractivity contribution in [3.05, 3.63) is 35.1 Å². The SMILES string of the molecule is NC1CCCC(c2ccc(F)c(C(F)(F)F)c2)C1. The van der Waals surface area contributed by atoms with Crippen LogP contribution < -0.4 is 5.73 Å². The molecule has 0 saturated heterocycles. The summed E-state index contributed by atoms with van der Waals surface area (Å²) < 4.78 is 51.0. The van der Waals surface area contributed by atoms with Gasteiger partial charge in [0.25, 0.3) is 0 Å². The van der Waals surface area contributed by atoms with Crippen LogP contribution in [-0.4, -0.2) is 6.04 Å². The molecule has 100 valence electrons. The first-order valence-electron chi connectivity index (χ1n) is 6.00. The Bertz CT molecular complexity index is 427. The van der Waals surface area contributed by atoms with Crippen LogP contribution in [0.2, 0.25) is 0 Å². The lowest BCUT2D eigenvalue weighted by molar-refractivity contribution is -0.140. The summed E-state index contributed by atoms with van der Waals surface area (Å²) in [7, 11) is 0. The Hall–Kier alpha value is -1.10. The molecule has 1 fully saturated rings. The van der Waals surface area contributed by atoms with Crippen LogP contribution in [0.5, 0.6) is 0 Å². The molecular weight excluding hydrogens is 246 g/mol. The van der Waals surface area contributed by atoms with Crippen molar-refractivity contribution in [2.75, 3.05) is 0 Å². The van der Waals surface area contributed by atoms with Crippen molar-refractivity contribution in [3.63, 3.8) is 0 Å². The topological polar surface area (TPSA) is 26.0 Å². The van der Waals surface area contributed by atoms with E-state index in [9.17, 15) is 17.6 Å². The Kier molecular flexibility index (Phi) is 3.61. The Labute approximate surface area is 103 Å². The van der Waals surface area contributed by atoms with Crippen LogP contribution in [0.25, 0.3) is 0 Å². The molecule has 0 spiro atoms. The van der Waals surface area contributed by atoms with E-state index in [1.165, 1.54) is 6.07 Å². The zero-order valence-electron chi connectivity index (χ0n) is 9.80. The molecule has 1 nitrogen and oxygen atoms in total. The minimum atomic E-state index is -4.64. The number of halogens is 4. The fraction of sp³-hybridized carbons (Fsp3) is 0.538. The van der Waals surface area contributed by atoms with E-state index in [0.717, 1.165) is 31.4 Å². The largest absolute Gasteiger partial charge is 0.419 e. The molecule has 1 saturated carbocycles. The quantitative estimate of drug-likeness (QED) is 0.764. The third-order valence-corrected chi connectivity index (χ3v) is 3.48. The van der Waals surface area contributed by atoms with Gasteiger partial charge in [0.1, 0.15) is 5.82 Å². The number of alkyl halides is 3. The highest BCUT2D eigenvalue weighted by Gasteiger charge is 2.35. The van der Waals surface area contributed by atoms with Gasteiger partial charge in [-0.25, -0.2) is 4.39 Å². The summed E-state index contributed by atoms with van der Waals surface area (Å²) in [5.74, 6) is -1.21. The molecule has 0 bridgehead atoms. The third-order valence-electron chi connectivity index (χ3n) is 3.48. The third kappa shape index (κ3) is 2.83. The molecule has 1 aliphatic carbocycles. The number of hydrogen-bond donors (Lipinski definition) is 1. The molecule has 5 heteroatoms. The average molecular weight is 261 g/mol. The normalized spacial score (nSPS) is 25.2. The molecule has 1 aliphatic rings. The standard InChI is InChI=1S/C13H15F4N/c14-12-5-4-9(7-11(12)13(15,16)17)8-2-1-3-10(18)6-8/h4-5,7-8,10H,1-3,6,18H2. The van der Waals surface area contributed by atoms with E-state index in [4.69, 9.17) is 5.73 Å². The second-order valence-electron chi connectivity index (χ2n) is 4.86. The van der Waals surface area contributed by atoms with Gasteiger partial charge in [0, 0.05) is 6.04 Å². The predicted molar refractivity (Wildman–Crippen MR) is 60.6 cm³/mol. The van der Waals surface area contributed by atoms with Gasteiger partial charge in [-0.05, 0) is 42.9 Å². The van der Waals surface area contributed by atoms with Gasteiger partial charge in [-0.3, -0.25) is 0 Å². The van der Waals surface area contributed by atoms with E-state index in [-0.39, 0.29) is 12.0 Å². The Morgan fingerprint density at radius 2 is 1.89 bits per heavy atom. The first-order valence-corrected chi connectivity index (χ1v) is 6.00. The Morgan fingerprint density at radius 3 is 2.50 bits per heavy atom. The van der Waals surface area contributed by atoms with Gasteiger partial charge in [0.05, 0.1) is 5.56 Å². The minimum Gasteiger partial charge on any atom is -0.328 e. The summed E-state index contributed by atoms with van der Waals surface area (Å²) in [5, 5.41) is 0. The van der Waals surface area contributed by atoms with Gasteiger partial charge in [-0.15, -0.1) is 0 Å². The highest BCUT2D eigenvalue weighted by Crippen LogP contribution is 2.37. The van der Waals surface area contributed by atoms with Crippen molar-refractivity contribution in [2.24, 2.45) is 5.73 Å². The van der Waals surface area contributed by atoms with Crippen LogP contribution in [0.1, 0.15) is 42.7 Å². The molecule has 0 aliphatic heterocycles. The van der Waals surface area contributed by atoms with Crippen LogP contribution in [-0.2, 0) is 6.18 Å². The molecule has 2 unspecified atom stereocenters. The number of rotatable bonds is 1. The molecule has 0 heterocycles. The molecule has 18 heavy (non-hydrogen) atoms. The van der Waals surface area contributed by atoms with Crippen LogP contribution >= 0.6 is 0 Å². The van der Waals surface area contributed by atoms with E-state index in [0.29, 0.717) is 12.0 Å². The second kappa shape index (κ2) is 4.88. The smallest absolute Gasteiger partial charge is 0.328 e. The maximum atomic E-state index is 13.2. The van der Waals surface area contributed by atoms with Crippen LogP contribution in [0.3, 0.4) is 0 Å². The van der Waals surface area contributed by atoms with E-state index in [1.54, 1.807) is 0 Å². The van der Waals surface area contributed by atoms with Gasteiger partial charge in [-0.2, -0.15) is 13.2 Å². The van der Waals surface area contributed by atoms with Gasteiger partial charge in [0.2, 0.25) is 0 Å². The molecular formula is C13H15F4N. The Balaban J connectivity index is 2.29. The molecule has 0 radical (unpaired) electrons. The second-order valence-corrected chi connectivity index (χ2v) is 4.86. The zero-order valence-corrected chi connectivity index (χ0v) is 9.80. The van der Waals surface area contributed by atoms with E-state index in [1.807, 2.05) is 0 Å². The summed E-state index contributed by atoms with van der Waals surface area (Å²) in [5.41, 5.74) is 5.18. The van der Waals surface area contributed by atoms with Crippen molar-refractivity contribution < 1.29 is 17.6 Å². The summed E-state index contributed by atoms with van der Waals surface area (Å²) in [6.45, 7) is 0. The van der Waals surface area contributed by atoms with Crippen molar-refractivity contribution in [3.8, 4) is 0 Å². The van der Waals surface area contributed by atoms with Gasteiger partial charge >= 0.3 is 6.18 Å².